The fourth-order valence-electron chi connectivity index (χ4n) is 2.50. The van der Waals surface area contributed by atoms with Crippen LogP contribution in [0.4, 0.5) is 11.4 Å². The molecule has 3 rings (SSSR count). The van der Waals surface area contributed by atoms with Crippen LogP contribution in [-0.2, 0) is 4.79 Å². The monoisotopic (exact) mass is 355 g/mol. The van der Waals surface area contributed by atoms with Crippen LogP contribution < -0.4 is 5.01 Å². The molecule has 1 amide bonds. The molecule has 0 saturated heterocycles. The number of anilines is 1. The molecule has 128 valence electrons. The lowest BCUT2D eigenvalue weighted by Gasteiger charge is -2.17. The van der Waals surface area contributed by atoms with Gasteiger partial charge in [0.1, 0.15) is 0 Å². The van der Waals surface area contributed by atoms with Crippen LogP contribution in [0.2, 0.25) is 0 Å². The van der Waals surface area contributed by atoms with Gasteiger partial charge in [0.15, 0.2) is 0 Å². The zero-order chi connectivity index (χ0) is 18.2. The predicted molar refractivity (Wildman–Crippen MR) is 99.8 cm³/mol. The van der Waals surface area contributed by atoms with E-state index in [0.29, 0.717) is 17.0 Å². The smallest absolute Gasteiger partial charge is 0.267 e. The lowest BCUT2D eigenvalue weighted by atomic mass is 9.85. The van der Waals surface area contributed by atoms with Crippen molar-refractivity contribution in [3.05, 3.63) is 62.3 Å². The second kappa shape index (κ2) is 6.25. The topological polar surface area (TPSA) is 75.8 Å². The van der Waals surface area contributed by atoms with Gasteiger partial charge in [-0.05, 0) is 29.7 Å². The van der Waals surface area contributed by atoms with Gasteiger partial charge in [-0.1, -0.05) is 26.8 Å². The maximum atomic E-state index is 12.9. The average molecular weight is 355 g/mol. The first kappa shape index (κ1) is 17.0. The maximum Gasteiger partial charge on any atom is 0.280 e. The molecule has 0 aliphatic carbocycles. The van der Waals surface area contributed by atoms with Crippen molar-refractivity contribution in [2.75, 3.05) is 5.01 Å². The molecular formula is C18H17N3O3S. The Labute approximate surface area is 149 Å². The number of amides is 1. The van der Waals surface area contributed by atoms with Gasteiger partial charge in [0.25, 0.3) is 11.6 Å². The minimum atomic E-state index is -0.471. The maximum absolute atomic E-state index is 12.9. The summed E-state index contributed by atoms with van der Waals surface area (Å²) in [5.41, 5.74) is 1.42. The second-order valence-corrected chi connectivity index (χ2v) is 7.64. The number of carbonyl (C=O) groups is 1. The minimum Gasteiger partial charge on any atom is -0.267 e. The molecule has 0 bridgehead atoms. The summed E-state index contributed by atoms with van der Waals surface area (Å²) in [4.78, 5) is 24.2. The number of hydrazone groups is 1. The second-order valence-electron chi connectivity index (χ2n) is 6.66. The van der Waals surface area contributed by atoms with E-state index < -0.39 is 4.92 Å². The van der Waals surface area contributed by atoms with Crippen LogP contribution in [0, 0.1) is 15.5 Å². The van der Waals surface area contributed by atoms with Crippen molar-refractivity contribution in [3.63, 3.8) is 0 Å². The van der Waals surface area contributed by atoms with Crippen molar-refractivity contribution in [3.8, 4) is 0 Å². The van der Waals surface area contributed by atoms with Crippen LogP contribution in [0.5, 0.6) is 0 Å². The van der Waals surface area contributed by atoms with Crippen LogP contribution in [0.3, 0.4) is 0 Å². The summed E-state index contributed by atoms with van der Waals surface area (Å²) < 4.78 is 0. The van der Waals surface area contributed by atoms with E-state index >= 15 is 0 Å². The van der Waals surface area contributed by atoms with Crippen molar-refractivity contribution < 1.29 is 9.72 Å². The average Bonchev–Trinajstić information content (AvgIpc) is 3.16. The summed E-state index contributed by atoms with van der Waals surface area (Å²) in [6.45, 7) is 6.00. The van der Waals surface area contributed by atoms with Gasteiger partial charge in [0.2, 0.25) is 0 Å². The van der Waals surface area contributed by atoms with Gasteiger partial charge in [-0.15, -0.1) is 11.3 Å². The third kappa shape index (κ3) is 3.36. The normalized spacial score (nSPS) is 16.4. The Balaban J connectivity index is 2.03. The molecule has 0 N–H and O–H groups in total. The SMILES string of the molecule is CC(C)(C)C1=NN(c2ccc([N+](=O)[O-])cc2)C(=O)/C1=C\c1cccs1. The van der Waals surface area contributed by atoms with E-state index in [9.17, 15) is 14.9 Å². The number of carbonyl (C=O) groups excluding carboxylic acids is 1. The molecule has 0 spiro atoms. The number of nitrogens with zero attached hydrogens (tertiary/aromatic N) is 3. The molecular weight excluding hydrogens is 338 g/mol. The molecule has 2 aromatic rings. The Kier molecular flexibility index (Phi) is 4.26. The first-order valence-electron chi connectivity index (χ1n) is 7.71. The molecule has 0 atom stereocenters. The first-order valence-corrected chi connectivity index (χ1v) is 8.59. The van der Waals surface area contributed by atoms with Crippen LogP contribution >= 0.6 is 11.3 Å². The van der Waals surface area contributed by atoms with Gasteiger partial charge in [0.05, 0.1) is 21.9 Å². The number of nitro benzene ring substituents is 1. The number of hydrogen-bond acceptors (Lipinski definition) is 5. The van der Waals surface area contributed by atoms with Gasteiger partial charge in [0, 0.05) is 22.4 Å². The summed E-state index contributed by atoms with van der Waals surface area (Å²) in [6.07, 6.45) is 1.85. The molecule has 6 nitrogen and oxygen atoms in total. The summed E-state index contributed by atoms with van der Waals surface area (Å²) in [6, 6.07) is 9.69. The van der Waals surface area contributed by atoms with Crippen molar-refractivity contribution in [1.29, 1.82) is 0 Å². The van der Waals surface area contributed by atoms with E-state index in [1.807, 2.05) is 44.4 Å². The number of rotatable bonds is 3. The van der Waals surface area contributed by atoms with E-state index in [2.05, 4.69) is 5.10 Å². The number of thiophene rings is 1. The van der Waals surface area contributed by atoms with Gasteiger partial charge in [-0.25, -0.2) is 0 Å². The molecule has 7 heteroatoms. The fourth-order valence-corrected chi connectivity index (χ4v) is 3.16. The fraction of sp³-hybridized carbons (Fsp3) is 0.222. The first-order chi connectivity index (χ1) is 11.8. The Morgan fingerprint density at radius 1 is 1.20 bits per heavy atom. The Hall–Kier alpha value is -2.80. The molecule has 25 heavy (non-hydrogen) atoms. The van der Waals surface area contributed by atoms with Gasteiger partial charge >= 0.3 is 0 Å². The predicted octanol–water partition coefficient (Wildman–Crippen LogP) is 4.49. The Morgan fingerprint density at radius 3 is 2.40 bits per heavy atom. The Bertz CT molecular complexity index is 875. The van der Waals surface area contributed by atoms with E-state index in [1.165, 1.54) is 29.3 Å². The van der Waals surface area contributed by atoms with Crippen LogP contribution in [0.1, 0.15) is 25.6 Å². The highest BCUT2D eigenvalue weighted by atomic mass is 32.1. The number of benzene rings is 1. The summed E-state index contributed by atoms with van der Waals surface area (Å²) in [5, 5.41) is 18.6. The molecule has 0 radical (unpaired) electrons. The van der Waals surface area contributed by atoms with E-state index in [1.54, 1.807) is 11.3 Å². The van der Waals surface area contributed by atoms with E-state index in [0.717, 1.165) is 4.88 Å². The molecule has 1 aliphatic rings. The molecule has 0 unspecified atom stereocenters. The lowest BCUT2D eigenvalue weighted by molar-refractivity contribution is -0.384. The van der Waals surface area contributed by atoms with Crippen molar-refractivity contribution in [2.45, 2.75) is 20.8 Å². The molecule has 0 saturated carbocycles. The van der Waals surface area contributed by atoms with Crippen molar-refractivity contribution in [1.82, 2.24) is 0 Å². The summed E-state index contributed by atoms with van der Waals surface area (Å²) in [7, 11) is 0. The molecule has 1 aromatic heterocycles. The Morgan fingerprint density at radius 2 is 1.88 bits per heavy atom. The zero-order valence-electron chi connectivity index (χ0n) is 14.1. The zero-order valence-corrected chi connectivity index (χ0v) is 14.9. The largest absolute Gasteiger partial charge is 0.280 e. The van der Waals surface area contributed by atoms with Crippen molar-refractivity contribution in [2.24, 2.45) is 10.5 Å². The third-order valence-electron chi connectivity index (χ3n) is 3.72. The molecule has 1 aliphatic heterocycles. The lowest BCUT2D eigenvalue weighted by Crippen LogP contribution is -2.23. The molecule has 1 aromatic carbocycles. The highest BCUT2D eigenvalue weighted by Gasteiger charge is 2.37. The quantitative estimate of drug-likeness (QED) is 0.462. The highest BCUT2D eigenvalue weighted by molar-refractivity contribution is 7.10. The molecule has 2 heterocycles. The summed E-state index contributed by atoms with van der Waals surface area (Å²) >= 11 is 1.55. The number of hydrogen-bond donors (Lipinski definition) is 0. The van der Waals surface area contributed by atoms with Crippen LogP contribution in [-0.4, -0.2) is 16.5 Å². The molecule has 0 fully saturated rings. The van der Waals surface area contributed by atoms with E-state index in [4.69, 9.17) is 0 Å². The van der Waals surface area contributed by atoms with Gasteiger partial charge < -0.3 is 0 Å². The van der Waals surface area contributed by atoms with Crippen molar-refractivity contribution >= 4 is 40.4 Å². The highest BCUT2D eigenvalue weighted by Crippen LogP contribution is 2.33. The van der Waals surface area contributed by atoms with Gasteiger partial charge in [-0.3, -0.25) is 14.9 Å². The van der Waals surface area contributed by atoms with Crippen LogP contribution in [0.25, 0.3) is 6.08 Å². The number of nitro groups is 1. The summed E-state index contributed by atoms with van der Waals surface area (Å²) in [5.74, 6) is -0.229. The number of non-ortho nitro benzene ring substituents is 1. The van der Waals surface area contributed by atoms with Gasteiger partial charge in [-0.2, -0.15) is 10.1 Å². The van der Waals surface area contributed by atoms with E-state index in [-0.39, 0.29) is 17.0 Å². The van der Waals surface area contributed by atoms with Crippen LogP contribution in [0.15, 0.2) is 52.5 Å². The standard InChI is InChI=1S/C18H17N3O3S/c1-18(2,3)16-15(11-14-5-4-10-25-14)17(22)20(19-16)12-6-8-13(9-7-12)21(23)24/h4-11H,1-3H3/b15-11-. The minimum absolute atomic E-state index is 0.0234. The third-order valence-corrected chi connectivity index (χ3v) is 4.54.